The molecule has 5 nitrogen and oxygen atoms in total. The Morgan fingerprint density at radius 1 is 1.36 bits per heavy atom. The van der Waals surface area contributed by atoms with Crippen molar-refractivity contribution >= 4 is 5.84 Å². The van der Waals surface area contributed by atoms with E-state index in [2.05, 4.69) is 28.2 Å². The van der Waals surface area contributed by atoms with Gasteiger partial charge in [-0.15, -0.1) is 5.53 Å². The zero-order valence-corrected chi connectivity index (χ0v) is 7.77. The first kappa shape index (κ1) is 9.14. The highest BCUT2D eigenvalue weighted by atomic mass is 15.8. The van der Waals surface area contributed by atoms with Crippen LogP contribution in [0.2, 0.25) is 0 Å². The van der Waals surface area contributed by atoms with Crippen LogP contribution in [0.3, 0.4) is 0 Å². The SMILES string of the molecule is N[C@@H](Cc1ccccc1)C1=N[NH2+]NN1. The van der Waals surface area contributed by atoms with Gasteiger partial charge in [0.15, 0.2) is 5.84 Å². The maximum Gasteiger partial charge on any atom is 0.195 e. The minimum Gasteiger partial charge on any atom is -0.321 e. The monoisotopic (exact) mass is 192 g/mol. The van der Waals surface area contributed by atoms with Crippen molar-refractivity contribution in [2.75, 3.05) is 0 Å². The van der Waals surface area contributed by atoms with Gasteiger partial charge in [-0.3, -0.25) is 5.43 Å². The molecule has 0 fully saturated rings. The maximum absolute atomic E-state index is 5.96. The summed E-state index contributed by atoms with van der Waals surface area (Å²) in [7, 11) is 0. The van der Waals surface area contributed by atoms with E-state index >= 15 is 0 Å². The number of quaternary nitrogens is 1. The molecule has 0 unspecified atom stereocenters. The zero-order valence-electron chi connectivity index (χ0n) is 7.77. The van der Waals surface area contributed by atoms with Crippen LogP contribution in [0.25, 0.3) is 0 Å². The minimum atomic E-state index is -0.0800. The third-order valence-corrected chi connectivity index (χ3v) is 2.12. The molecule has 1 atom stereocenters. The predicted molar refractivity (Wildman–Crippen MR) is 53.8 cm³/mol. The molecule has 1 aliphatic rings. The van der Waals surface area contributed by atoms with E-state index in [0.29, 0.717) is 0 Å². The molecular weight excluding hydrogens is 178 g/mol. The average Bonchev–Trinajstić information content (AvgIpc) is 2.72. The van der Waals surface area contributed by atoms with Crippen LogP contribution in [0.4, 0.5) is 0 Å². The summed E-state index contributed by atoms with van der Waals surface area (Å²) < 4.78 is 0. The number of amidine groups is 1. The second-order valence-corrected chi connectivity index (χ2v) is 3.21. The Bertz CT molecular complexity index is 321. The van der Waals surface area contributed by atoms with Gasteiger partial charge >= 0.3 is 0 Å². The number of hydrogen-bond acceptors (Lipinski definition) is 4. The van der Waals surface area contributed by atoms with Gasteiger partial charge in [-0.05, 0) is 17.1 Å². The van der Waals surface area contributed by atoms with Crippen LogP contribution >= 0.6 is 0 Å². The van der Waals surface area contributed by atoms with Gasteiger partial charge in [-0.1, -0.05) is 35.9 Å². The van der Waals surface area contributed by atoms with Crippen molar-refractivity contribution in [2.45, 2.75) is 12.5 Å². The fourth-order valence-electron chi connectivity index (χ4n) is 1.39. The lowest BCUT2D eigenvalue weighted by molar-refractivity contribution is -0.713. The lowest BCUT2D eigenvalue weighted by Crippen LogP contribution is -2.87. The first-order valence-corrected chi connectivity index (χ1v) is 4.56. The van der Waals surface area contributed by atoms with Crippen LogP contribution < -0.4 is 22.2 Å². The van der Waals surface area contributed by atoms with Crippen LogP contribution in [0, 0.1) is 0 Å². The quantitative estimate of drug-likeness (QED) is 0.438. The van der Waals surface area contributed by atoms with E-state index in [4.69, 9.17) is 5.73 Å². The Hall–Kier alpha value is -1.43. The second-order valence-electron chi connectivity index (χ2n) is 3.21. The highest BCUT2D eigenvalue weighted by Crippen LogP contribution is 2.01. The summed E-state index contributed by atoms with van der Waals surface area (Å²) >= 11 is 0. The van der Waals surface area contributed by atoms with E-state index < -0.39 is 0 Å². The van der Waals surface area contributed by atoms with E-state index in [9.17, 15) is 0 Å². The molecule has 1 aromatic rings. The minimum absolute atomic E-state index is 0.0800. The number of nitrogens with two attached hydrogens (primary N) is 2. The van der Waals surface area contributed by atoms with Crippen LogP contribution in [0.15, 0.2) is 35.4 Å². The Morgan fingerprint density at radius 2 is 2.14 bits per heavy atom. The summed E-state index contributed by atoms with van der Waals surface area (Å²) in [5.41, 5.74) is 14.5. The van der Waals surface area contributed by atoms with Crippen molar-refractivity contribution in [3.05, 3.63) is 35.9 Å². The average molecular weight is 192 g/mol. The van der Waals surface area contributed by atoms with Gasteiger partial charge in [0, 0.05) is 0 Å². The fourth-order valence-corrected chi connectivity index (χ4v) is 1.39. The van der Waals surface area contributed by atoms with Gasteiger partial charge in [0.25, 0.3) is 0 Å². The molecule has 0 amide bonds. The van der Waals surface area contributed by atoms with Crippen molar-refractivity contribution < 1.29 is 5.53 Å². The smallest absolute Gasteiger partial charge is 0.195 e. The van der Waals surface area contributed by atoms with Gasteiger partial charge in [0.05, 0.1) is 6.04 Å². The largest absolute Gasteiger partial charge is 0.321 e. The van der Waals surface area contributed by atoms with Crippen molar-refractivity contribution in [1.82, 2.24) is 11.0 Å². The molecule has 0 aromatic heterocycles. The molecule has 2 rings (SSSR count). The summed E-state index contributed by atoms with van der Waals surface area (Å²) in [6.45, 7) is 0. The van der Waals surface area contributed by atoms with Gasteiger partial charge in [-0.2, -0.15) is 0 Å². The predicted octanol–water partition coefficient (Wildman–Crippen LogP) is -1.54. The van der Waals surface area contributed by atoms with Crippen molar-refractivity contribution in [2.24, 2.45) is 10.8 Å². The molecule has 0 aliphatic carbocycles. The maximum atomic E-state index is 5.96. The normalized spacial score (nSPS) is 17.4. The molecule has 1 aliphatic heterocycles. The molecule has 14 heavy (non-hydrogen) atoms. The molecule has 1 heterocycles. The third-order valence-electron chi connectivity index (χ3n) is 2.12. The summed E-state index contributed by atoms with van der Waals surface area (Å²) in [6, 6.07) is 10.1. The van der Waals surface area contributed by atoms with Crippen molar-refractivity contribution in [3.8, 4) is 0 Å². The lowest BCUT2D eigenvalue weighted by Gasteiger charge is -2.08. The highest BCUT2D eigenvalue weighted by molar-refractivity contribution is 5.86. The van der Waals surface area contributed by atoms with E-state index in [-0.39, 0.29) is 6.04 Å². The topological polar surface area (TPSA) is 79.0 Å². The van der Waals surface area contributed by atoms with Crippen LogP contribution in [-0.2, 0) is 6.42 Å². The molecule has 1 aromatic carbocycles. The van der Waals surface area contributed by atoms with Crippen LogP contribution in [0.1, 0.15) is 5.56 Å². The van der Waals surface area contributed by atoms with Gasteiger partial charge in [0.1, 0.15) is 0 Å². The first-order valence-electron chi connectivity index (χ1n) is 4.56. The molecule has 0 radical (unpaired) electrons. The highest BCUT2D eigenvalue weighted by Gasteiger charge is 2.17. The summed E-state index contributed by atoms with van der Waals surface area (Å²) in [4.78, 5) is 0. The molecule has 0 saturated carbocycles. The van der Waals surface area contributed by atoms with E-state index in [1.807, 2.05) is 18.2 Å². The number of hydrazine groups is 1. The molecule has 5 heteroatoms. The van der Waals surface area contributed by atoms with Gasteiger partial charge in [-0.25, -0.2) is 0 Å². The fraction of sp³-hybridized carbons (Fsp3) is 0.222. The lowest BCUT2D eigenvalue weighted by atomic mass is 10.1. The Labute approximate surface area is 82.3 Å². The molecular formula is C9H14N5+. The van der Waals surface area contributed by atoms with Crippen LogP contribution in [0.5, 0.6) is 0 Å². The number of hydrogen-bond donors (Lipinski definition) is 4. The summed E-state index contributed by atoms with van der Waals surface area (Å²) in [5.74, 6) is 0.786. The molecule has 0 bridgehead atoms. The summed E-state index contributed by atoms with van der Waals surface area (Å²) in [6.07, 6.45) is 0.794. The summed E-state index contributed by atoms with van der Waals surface area (Å²) in [5, 5.41) is 4.08. The van der Waals surface area contributed by atoms with E-state index in [1.54, 1.807) is 5.53 Å². The zero-order chi connectivity index (χ0) is 9.80. The Balaban J connectivity index is 1.97. The van der Waals surface area contributed by atoms with Crippen molar-refractivity contribution in [1.29, 1.82) is 0 Å². The number of nitrogens with one attached hydrogen (secondary N) is 2. The number of nitrogens with zero attached hydrogens (tertiary/aromatic N) is 1. The van der Waals surface area contributed by atoms with Gasteiger partial charge < -0.3 is 5.73 Å². The third kappa shape index (κ3) is 2.08. The molecule has 6 N–H and O–H groups in total. The molecule has 0 spiro atoms. The Kier molecular flexibility index (Phi) is 2.73. The number of benzene rings is 1. The van der Waals surface area contributed by atoms with E-state index in [1.165, 1.54) is 5.56 Å². The molecule has 0 saturated heterocycles. The Morgan fingerprint density at radius 3 is 2.79 bits per heavy atom. The van der Waals surface area contributed by atoms with Gasteiger partial charge in [0.2, 0.25) is 0 Å². The van der Waals surface area contributed by atoms with Crippen LogP contribution in [-0.4, -0.2) is 11.9 Å². The number of rotatable bonds is 3. The first-order chi connectivity index (χ1) is 6.86. The van der Waals surface area contributed by atoms with Crippen molar-refractivity contribution in [3.63, 3.8) is 0 Å². The molecule has 74 valence electrons. The standard InChI is InChI=1S/C9H13N5/c10-8(9-11-13-14-12-9)6-7-4-2-1-3-5-7/h1-5,8,13-14H,6,10H2,(H,11,12)/p+1/t8-/m0/s1. The van der Waals surface area contributed by atoms with E-state index in [0.717, 1.165) is 12.3 Å². The second kappa shape index (κ2) is 4.19.